The van der Waals surface area contributed by atoms with Gasteiger partial charge in [-0.3, -0.25) is 9.59 Å². The number of hydrogen-bond acceptors (Lipinski definition) is 3. The highest BCUT2D eigenvalue weighted by atomic mass is 16.3. The zero-order valence-electron chi connectivity index (χ0n) is 15.8. The first-order chi connectivity index (χ1) is 11.5. The third kappa shape index (κ3) is 6.29. The van der Waals surface area contributed by atoms with Crippen molar-refractivity contribution in [3.8, 4) is 0 Å². The van der Waals surface area contributed by atoms with E-state index in [9.17, 15) is 14.7 Å². The molecule has 4 heteroatoms. The van der Waals surface area contributed by atoms with E-state index in [0.29, 0.717) is 6.42 Å². The van der Waals surface area contributed by atoms with E-state index in [-0.39, 0.29) is 29.1 Å². The summed E-state index contributed by atoms with van der Waals surface area (Å²) >= 11 is 0. The maximum absolute atomic E-state index is 12.2. The lowest BCUT2D eigenvalue weighted by molar-refractivity contribution is -0.128. The Morgan fingerprint density at radius 3 is 1.83 bits per heavy atom. The second-order valence-electron chi connectivity index (χ2n) is 7.06. The van der Waals surface area contributed by atoms with Gasteiger partial charge in [-0.2, -0.15) is 0 Å². The Kier molecular flexibility index (Phi) is 9.73. The molecule has 0 unspecified atom stereocenters. The summed E-state index contributed by atoms with van der Waals surface area (Å²) in [6.07, 6.45) is 13.9. The molecule has 1 rings (SSSR count). The van der Waals surface area contributed by atoms with E-state index >= 15 is 0 Å². The first kappa shape index (κ1) is 20.7. The number of nitrogens with zero attached hydrogens (tertiary/aromatic N) is 1. The van der Waals surface area contributed by atoms with Crippen LogP contribution in [0.2, 0.25) is 0 Å². The molecule has 1 heterocycles. The van der Waals surface area contributed by atoms with Crippen LogP contribution in [0.5, 0.6) is 0 Å². The van der Waals surface area contributed by atoms with Crippen LogP contribution in [0.3, 0.4) is 0 Å². The molecule has 24 heavy (non-hydrogen) atoms. The lowest BCUT2D eigenvalue weighted by Gasteiger charge is -2.14. The second-order valence-corrected chi connectivity index (χ2v) is 7.06. The molecule has 0 aromatic carbocycles. The van der Waals surface area contributed by atoms with E-state index in [4.69, 9.17) is 0 Å². The van der Waals surface area contributed by atoms with E-state index in [1.165, 1.54) is 56.3 Å². The molecular weight excluding hydrogens is 302 g/mol. The third-order valence-corrected chi connectivity index (χ3v) is 5.05. The Morgan fingerprint density at radius 2 is 1.42 bits per heavy atom. The normalized spacial score (nSPS) is 17.9. The Labute approximate surface area is 147 Å². The van der Waals surface area contributed by atoms with E-state index in [1.807, 2.05) is 0 Å². The molecule has 0 fully saturated rings. The lowest BCUT2D eigenvalue weighted by atomic mass is 10.0. The molecule has 1 N–H and O–H groups in total. The minimum atomic E-state index is -0.381. The van der Waals surface area contributed by atoms with Crippen LogP contribution < -0.4 is 0 Å². The van der Waals surface area contributed by atoms with Crippen molar-refractivity contribution in [2.45, 2.75) is 96.9 Å². The number of amides is 1. The molecule has 1 amide bonds. The SMILES string of the molecule is CCCCCCCCCCCCCC(=O)C1=C(O)[C@@H](C)N(C)C1=O. The van der Waals surface area contributed by atoms with Gasteiger partial charge in [-0.15, -0.1) is 0 Å². The second kappa shape index (κ2) is 11.3. The first-order valence-electron chi connectivity index (χ1n) is 9.74. The summed E-state index contributed by atoms with van der Waals surface area (Å²) in [5, 5.41) is 9.94. The molecule has 0 aromatic rings. The van der Waals surface area contributed by atoms with Crippen LogP contribution in [-0.2, 0) is 9.59 Å². The average Bonchev–Trinajstić information content (AvgIpc) is 2.76. The summed E-state index contributed by atoms with van der Waals surface area (Å²) in [4.78, 5) is 25.5. The Morgan fingerprint density at radius 1 is 0.958 bits per heavy atom. The van der Waals surface area contributed by atoms with Crippen LogP contribution in [0.25, 0.3) is 0 Å². The fourth-order valence-electron chi connectivity index (χ4n) is 3.19. The molecule has 0 aromatic heterocycles. The molecule has 138 valence electrons. The van der Waals surface area contributed by atoms with Gasteiger partial charge in [-0.05, 0) is 13.3 Å². The summed E-state index contributed by atoms with van der Waals surface area (Å²) in [5.41, 5.74) is 0.0112. The van der Waals surface area contributed by atoms with Gasteiger partial charge in [0.1, 0.15) is 11.3 Å². The van der Waals surface area contributed by atoms with Crippen molar-refractivity contribution in [1.82, 2.24) is 4.90 Å². The molecule has 0 bridgehead atoms. The van der Waals surface area contributed by atoms with Crippen LogP contribution in [0.1, 0.15) is 90.9 Å². The number of carbonyl (C=O) groups is 2. The number of rotatable bonds is 13. The quantitative estimate of drug-likeness (QED) is 0.383. The molecular formula is C20H35NO3. The van der Waals surface area contributed by atoms with Crippen molar-refractivity contribution < 1.29 is 14.7 Å². The van der Waals surface area contributed by atoms with Gasteiger partial charge in [-0.25, -0.2) is 0 Å². The van der Waals surface area contributed by atoms with Gasteiger partial charge in [0.15, 0.2) is 5.78 Å². The predicted molar refractivity (Wildman–Crippen MR) is 98.0 cm³/mol. The van der Waals surface area contributed by atoms with Gasteiger partial charge in [-0.1, -0.05) is 71.1 Å². The van der Waals surface area contributed by atoms with Crippen molar-refractivity contribution in [3.05, 3.63) is 11.3 Å². The predicted octanol–water partition coefficient (Wildman–Crippen LogP) is 4.93. The molecule has 1 atom stereocenters. The number of aliphatic hydroxyl groups is 1. The summed E-state index contributed by atoms with van der Waals surface area (Å²) in [6.45, 7) is 3.97. The van der Waals surface area contributed by atoms with Crippen LogP contribution in [0, 0.1) is 0 Å². The highest BCUT2D eigenvalue weighted by Gasteiger charge is 2.37. The highest BCUT2D eigenvalue weighted by Crippen LogP contribution is 2.24. The van der Waals surface area contributed by atoms with Crippen molar-refractivity contribution in [3.63, 3.8) is 0 Å². The fraction of sp³-hybridized carbons (Fsp3) is 0.800. The van der Waals surface area contributed by atoms with Gasteiger partial charge in [0.05, 0.1) is 6.04 Å². The maximum Gasteiger partial charge on any atom is 0.261 e. The molecule has 0 aliphatic carbocycles. The van der Waals surface area contributed by atoms with Gasteiger partial charge in [0.25, 0.3) is 5.91 Å². The standard InChI is InChI=1S/C20H35NO3/c1-4-5-6-7-8-9-10-11-12-13-14-15-17(22)18-19(23)16(2)21(3)20(18)24/h16,23H,4-15H2,1-3H3/t16-/m1/s1. The van der Waals surface area contributed by atoms with Crippen molar-refractivity contribution in [2.24, 2.45) is 0 Å². The minimum Gasteiger partial charge on any atom is -0.509 e. The molecule has 0 spiro atoms. The lowest BCUT2D eigenvalue weighted by Crippen LogP contribution is -2.30. The van der Waals surface area contributed by atoms with Crippen molar-refractivity contribution >= 4 is 11.7 Å². The van der Waals surface area contributed by atoms with Crippen molar-refractivity contribution in [2.75, 3.05) is 7.05 Å². The van der Waals surface area contributed by atoms with Gasteiger partial charge in [0, 0.05) is 13.5 Å². The summed E-state index contributed by atoms with van der Waals surface area (Å²) in [5.74, 6) is -0.603. The zero-order chi connectivity index (χ0) is 17.9. The smallest absolute Gasteiger partial charge is 0.261 e. The number of ketones is 1. The molecule has 0 saturated heterocycles. The van der Waals surface area contributed by atoms with Gasteiger partial charge >= 0.3 is 0 Å². The molecule has 1 aliphatic rings. The summed E-state index contributed by atoms with van der Waals surface area (Å²) in [6, 6.07) is -0.381. The molecule has 4 nitrogen and oxygen atoms in total. The van der Waals surface area contributed by atoms with E-state index < -0.39 is 0 Å². The fourth-order valence-corrected chi connectivity index (χ4v) is 3.19. The Hall–Kier alpha value is -1.32. The van der Waals surface area contributed by atoms with Crippen LogP contribution >= 0.6 is 0 Å². The maximum atomic E-state index is 12.2. The van der Waals surface area contributed by atoms with Crippen LogP contribution in [0.4, 0.5) is 0 Å². The average molecular weight is 338 g/mol. The molecule has 0 radical (unpaired) electrons. The highest BCUT2D eigenvalue weighted by molar-refractivity contribution is 6.21. The molecule has 1 aliphatic heterocycles. The zero-order valence-corrected chi connectivity index (χ0v) is 15.8. The number of aliphatic hydroxyl groups excluding tert-OH is 1. The topological polar surface area (TPSA) is 57.6 Å². The number of carbonyl (C=O) groups excluding carboxylic acids is 2. The largest absolute Gasteiger partial charge is 0.509 e. The minimum absolute atomic E-state index is 0.0112. The summed E-state index contributed by atoms with van der Waals surface area (Å²) in [7, 11) is 1.62. The number of unbranched alkanes of at least 4 members (excludes halogenated alkanes) is 10. The van der Waals surface area contributed by atoms with E-state index in [1.54, 1.807) is 14.0 Å². The number of likely N-dealkylation sites (N-methyl/N-ethyl adjacent to an activating group) is 1. The van der Waals surface area contributed by atoms with Crippen LogP contribution in [0.15, 0.2) is 11.3 Å². The van der Waals surface area contributed by atoms with E-state index in [0.717, 1.165) is 19.3 Å². The van der Waals surface area contributed by atoms with Gasteiger partial charge in [0.2, 0.25) is 0 Å². The summed E-state index contributed by atoms with van der Waals surface area (Å²) < 4.78 is 0. The first-order valence-corrected chi connectivity index (χ1v) is 9.74. The van der Waals surface area contributed by atoms with E-state index in [2.05, 4.69) is 6.92 Å². The monoisotopic (exact) mass is 337 g/mol. The van der Waals surface area contributed by atoms with Crippen molar-refractivity contribution in [1.29, 1.82) is 0 Å². The Bertz CT molecular complexity index is 442. The number of hydrogen-bond donors (Lipinski definition) is 1. The number of Topliss-reactive ketones (excluding diaryl/α,β-unsaturated/α-hetero) is 1. The van der Waals surface area contributed by atoms with Crippen LogP contribution in [-0.4, -0.2) is 34.8 Å². The Balaban J connectivity index is 2.07. The van der Waals surface area contributed by atoms with Gasteiger partial charge < -0.3 is 10.0 Å². The molecule has 0 saturated carbocycles. The third-order valence-electron chi connectivity index (χ3n) is 5.05.